The number of anilines is 1. The molecule has 0 unspecified atom stereocenters. The van der Waals surface area contributed by atoms with Crippen molar-refractivity contribution in [2.45, 2.75) is 25.3 Å². The molecule has 2 nitrogen and oxygen atoms in total. The second-order valence-corrected chi connectivity index (χ2v) is 7.90. The molecule has 5 rings (SSSR count). The summed E-state index contributed by atoms with van der Waals surface area (Å²) < 4.78 is 0. The van der Waals surface area contributed by atoms with Gasteiger partial charge < -0.3 is 4.90 Å². The van der Waals surface area contributed by atoms with Crippen molar-refractivity contribution in [2.24, 2.45) is 5.92 Å². The van der Waals surface area contributed by atoms with E-state index in [4.69, 9.17) is 11.6 Å². The summed E-state index contributed by atoms with van der Waals surface area (Å²) in [6.45, 7) is 1.67. The van der Waals surface area contributed by atoms with Crippen LogP contribution in [0.2, 0.25) is 5.02 Å². The van der Waals surface area contributed by atoms with Gasteiger partial charge in [0.25, 0.3) is 0 Å². The van der Waals surface area contributed by atoms with Crippen molar-refractivity contribution in [3.63, 3.8) is 0 Å². The van der Waals surface area contributed by atoms with Gasteiger partial charge in [0.15, 0.2) is 0 Å². The average molecular weight is 374 g/mol. The topological polar surface area (TPSA) is 20.3 Å². The van der Waals surface area contributed by atoms with E-state index in [0.29, 0.717) is 11.8 Å². The van der Waals surface area contributed by atoms with Crippen molar-refractivity contribution < 1.29 is 4.79 Å². The number of rotatable bonds is 1. The number of carbonyl (C=O) groups excluding carboxylic acids is 1. The van der Waals surface area contributed by atoms with Crippen LogP contribution in [0.5, 0.6) is 0 Å². The van der Waals surface area contributed by atoms with E-state index in [1.54, 1.807) is 6.92 Å². The van der Waals surface area contributed by atoms with Gasteiger partial charge in [-0.05, 0) is 52.4 Å². The molecule has 0 N–H and O–H groups in total. The molecule has 0 spiro atoms. The number of benzene rings is 3. The first kappa shape index (κ1) is 16.6. The molecule has 3 aromatic rings. The molecule has 1 aliphatic carbocycles. The molecule has 0 fully saturated rings. The lowest BCUT2D eigenvalue weighted by molar-refractivity contribution is -0.117. The fraction of sp³-hybridized carbons (Fsp3) is 0.208. The molecular weight excluding hydrogens is 354 g/mol. The lowest BCUT2D eigenvalue weighted by atomic mass is 9.75. The van der Waals surface area contributed by atoms with Gasteiger partial charge in [-0.1, -0.05) is 66.2 Å². The van der Waals surface area contributed by atoms with Crippen molar-refractivity contribution in [3.05, 3.63) is 89.0 Å². The Labute approximate surface area is 164 Å². The number of halogens is 1. The summed E-state index contributed by atoms with van der Waals surface area (Å²) >= 11 is 6.30. The summed E-state index contributed by atoms with van der Waals surface area (Å²) in [6, 6.07) is 20.8. The quantitative estimate of drug-likeness (QED) is 0.461. The summed E-state index contributed by atoms with van der Waals surface area (Å²) in [7, 11) is 0. The Bertz CT molecular complexity index is 1080. The number of carbonyl (C=O) groups is 1. The first-order valence-electron chi connectivity index (χ1n) is 9.39. The standard InChI is InChI=1S/C24H20ClNO/c1-15(27)26-23-13-12-17(25)14-22(23)19-9-5-11-21(19)24(26)20-10-4-7-16-6-2-3-8-18(16)20/h2-10,12-14,19,21,24H,11H2,1H3/t19-,21-,24+/m1/s1. The predicted molar refractivity (Wildman–Crippen MR) is 111 cm³/mol. The molecule has 0 bridgehead atoms. The molecule has 0 saturated heterocycles. The molecule has 1 amide bonds. The zero-order chi connectivity index (χ0) is 18.5. The summed E-state index contributed by atoms with van der Waals surface area (Å²) in [5.74, 6) is 0.686. The largest absolute Gasteiger partial charge is 0.305 e. The van der Waals surface area contributed by atoms with Gasteiger partial charge >= 0.3 is 0 Å². The molecule has 3 atom stereocenters. The molecule has 0 radical (unpaired) electrons. The van der Waals surface area contributed by atoms with Crippen LogP contribution in [-0.2, 0) is 4.79 Å². The highest BCUT2D eigenvalue weighted by molar-refractivity contribution is 6.30. The van der Waals surface area contributed by atoms with E-state index in [9.17, 15) is 4.79 Å². The fourth-order valence-electron chi connectivity index (χ4n) is 4.93. The molecular formula is C24H20ClNO. The second kappa shape index (κ2) is 6.24. The lowest BCUT2D eigenvalue weighted by Crippen LogP contribution is -2.42. The lowest BCUT2D eigenvalue weighted by Gasteiger charge is -2.44. The number of fused-ring (bicyclic) bond motifs is 4. The van der Waals surface area contributed by atoms with Crippen molar-refractivity contribution in [2.75, 3.05) is 4.90 Å². The average Bonchev–Trinajstić information content (AvgIpc) is 3.16. The summed E-state index contributed by atoms with van der Waals surface area (Å²) in [6.07, 6.45) is 5.51. The van der Waals surface area contributed by atoms with Crippen molar-refractivity contribution >= 4 is 34.0 Å². The predicted octanol–water partition coefficient (Wildman–Crippen LogP) is 6.26. The third-order valence-electron chi connectivity index (χ3n) is 5.99. The van der Waals surface area contributed by atoms with Gasteiger partial charge in [-0.25, -0.2) is 0 Å². The Morgan fingerprint density at radius 2 is 1.85 bits per heavy atom. The van der Waals surface area contributed by atoms with Crippen LogP contribution < -0.4 is 4.90 Å². The van der Waals surface area contributed by atoms with Crippen LogP contribution in [-0.4, -0.2) is 5.91 Å². The Morgan fingerprint density at radius 1 is 1.04 bits per heavy atom. The van der Waals surface area contributed by atoms with Crippen LogP contribution in [0.15, 0.2) is 72.8 Å². The minimum absolute atomic E-state index is 0.0160. The van der Waals surface area contributed by atoms with E-state index < -0.39 is 0 Å². The van der Waals surface area contributed by atoms with Gasteiger partial charge in [0.1, 0.15) is 0 Å². The minimum Gasteiger partial charge on any atom is -0.305 e. The third kappa shape index (κ3) is 2.51. The van der Waals surface area contributed by atoms with E-state index in [1.165, 1.54) is 16.3 Å². The maximum Gasteiger partial charge on any atom is 0.224 e. The molecule has 1 heterocycles. The molecule has 27 heavy (non-hydrogen) atoms. The molecule has 134 valence electrons. The van der Waals surface area contributed by atoms with E-state index >= 15 is 0 Å². The van der Waals surface area contributed by atoms with Crippen molar-refractivity contribution in [3.8, 4) is 0 Å². The molecule has 0 saturated carbocycles. The minimum atomic E-state index is 0.0160. The van der Waals surface area contributed by atoms with Gasteiger partial charge in [0, 0.05) is 23.6 Å². The molecule has 3 aromatic carbocycles. The van der Waals surface area contributed by atoms with Gasteiger partial charge in [-0.3, -0.25) is 4.79 Å². The molecule has 0 aromatic heterocycles. The molecule has 3 heteroatoms. The first-order valence-corrected chi connectivity index (χ1v) is 9.76. The second-order valence-electron chi connectivity index (χ2n) is 7.46. The van der Waals surface area contributed by atoms with Gasteiger partial charge in [0.05, 0.1) is 6.04 Å². The Hall–Kier alpha value is -2.58. The van der Waals surface area contributed by atoms with Crippen LogP contribution in [0.1, 0.15) is 36.4 Å². The highest BCUT2D eigenvalue weighted by Crippen LogP contribution is 2.54. The zero-order valence-corrected chi connectivity index (χ0v) is 15.9. The summed E-state index contributed by atoms with van der Waals surface area (Å²) in [5, 5.41) is 3.15. The van der Waals surface area contributed by atoms with E-state index in [-0.39, 0.29) is 11.9 Å². The number of hydrogen-bond donors (Lipinski definition) is 0. The van der Waals surface area contributed by atoms with Crippen LogP contribution in [0, 0.1) is 5.92 Å². The van der Waals surface area contributed by atoms with Crippen LogP contribution in [0.3, 0.4) is 0 Å². The first-order chi connectivity index (χ1) is 13.1. The number of allylic oxidation sites excluding steroid dienone is 2. The Morgan fingerprint density at radius 3 is 2.70 bits per heavy atom. The fourth-order valence-corrected chi connectivity index (χ4v) is 5.11. The third-order valence-corrected chi connectivity index (χ3v) is 6.22. The molecule has 2 aliphatic rings. The van der Waals surface area contributed by atoms with Crippen molar-refractivity contribution in [1.29, 1.82) is 0 Å². The Kier molecular flexibility index (Phi) is 3.84. The normalized spacial score (nSPS) is 23.3. The highest BCUT2D eigenvalue weighted by atomic mass is 35.5. The van der Waals surface area contributed by atoms with Gasteiger partial charge in [-0.2, -0.15) is 0 Å². The van der Waals surface area contributed by atoms with Crippen molar-refractivity contribution in [1.82, 2.24) is 0 Å². The summed E-state index contributed by atoms with van der Waals surface area (Å²) in [4.78, 5) is 14.8. The highest BCUT2D eigenvalue weighted by Gasteiger charge is 2.44. The monoisotopic (exact) mass is 373 g/mol. The zero-order valence-electron chi connectivity index (χ0n) is 15.1. The van der Waals surface area contributed by atoms with E-state index in [0.717, 1.165) is 22.7 Å². The van der Waals surface area contributed by atoms with Gasteiger partial charge in [0.2, 0.25) is 5.91 Å². The van der Waals surface area contributed by atoms with Gasteiger partial charge in [-0.15, -0.1) is 0 Å². The summed E-state index contributed by atoms with van der Waals surface area (Å²) in [5.41, 5.74) is 3.37. The smallest absolute Gasteiger partial charge is 0.224 e. The van der Waals surface area contributed by atoms with Crippen LogP contribution >= 0.6 is 11.6 Å². The SMILES string of the molecule is CC(=O)N1c2ccc(Cl)cc2[C@@H]2C=CC[C@H]2[C@@H]1c1cccc2ccccc12. The molecule has 1 aliphatic heterocycles. The van der Waals surface area contributed by atoms with E-state index in [1.807, 2.05) is 23.1 Å². The maximum atomic E-state index is 12.8. The maximum absolute atomic E-state index is 12.8. The number of amides is 1. The number of hydrogen-bond acceptors (Lipinski definition) is 1. The Balaban J connectivity index is 1.78. The van der Waals surface area contributed by atoms with Crippen LogP contribution in [0.4, 0.5) is 5.69 Å². The number of nitrogens with zero attached hydrogens (tertiary/aromatic N) is 1. The van der Waals surface area contributed by atoms with Crippen LogP contribution in [0.25, 0.3) is 10.8 Å². The van der Waals surface area contributed by atoms with E-state index in [2.05, 4.69) is 54.6 Å².